The molecule has 0 amide bonds. The predicted octanol–water partition coefficient (Wildman–Crippen LogP) is 4.76. The molecule has 0 fully saturated rings. The van der Waals surface area contributed by atoms with E-state index in [0.29, 0.717) is 12.6 Å². The van der Waals surface area contributed by atoms with Gasteiger partial charge in [-0.3, -0.25) is 0 Å². The molecule has 1 N–H and O–H groups in total. The number of benzene rings is 1. The molecular formula is C15H18BrNOS. The first-order valence-electron chi connectivity index (χ1n) is 6.40. The van der Waals surface area contributed by atoms with Crippen LogP contribution in [0.4, 0.5) is 0 Å². The first-order valence-corrected chi connectivity index (χ1v) is 8.01. The second-order valence-electron chi connectivity index (χ2n) is 4.31. The van der Waals surface area contributed by atoms with Gasteiger partial charge in [0.05, 0.1) is 3.79 Å². The van der Waals surface area contributed by atoms with Crippen molar-refractivity contribution in [1.29, 1.82) is 0 Å². The molecule has 0 spiro atoms. The van der Waals surface area contributed by atoms with E-state index in [-0.39, 0.29) is 0 Å². The van der Waals surface area contributed by atoms with Crippen LogP contribution < -0.4 is 10.1 Å². The minimum Gasteiger partial charge on any atom is -0.488 e. The van der Waals surface area contributed by atoms with E-state index >= 15 is 0 Å². The van der Waals surface area contributed by atoms with Crippen LogP contribution in [0.5, 0.6) is 5.75 Å². The molecule has 0 bridgehead atoms. The highest BCUT2D eigenvalue weighted by molar-refractivity contribution is 9.11. The molecule has 0 saturated carbocycles. The summed E-state index contributed by atoms with van der Waals surface area (Å²) in [4.78, 5) is 1.22. The molecule has 2 nitrogen and oxygen atoms in total. The molecule has 1 heterocycles. The first kappa shape index (κ1) is 14.6. The monoisotopic (exact) mass is 339 g/mol. The zero-order valence-electron chi connectivity index (χ0n) is 11.2. The average Bonchev–Trinajstić information content (AvgIpc) is 2.83. The summed E-state index contributed by atoms with van der Waals surface area (Å²) in [5.41, 5.74) is 1.21. The predicted molar refractivity (Wildman–Crippen MR) is 84.9 cm³/mol. The Hall–Kier alpha value is -0.840. The van der Waals surface area contributed by atoms with Gasteiger partial charge in [-0.1, -0.05) is 25.1 Å². The normalized spacial score (nSPS) is 12.4. The zero-order valence-corrected chi connectivity index (χ0v) is 13.6. The van der Waals surface area contributed by atoms with Crippen LogP contribution in [0.25, 0.3) is 0 Å². The van der Waals surface area contributed by atoms with Crippen LogP contribution in [0.3, 0.4) is 0 Å². The van der Waals surface area contributed by atoms with Gasteiger partial charge in [0.1, 0.15) is 12.4 Å². The molecule has 1 aromatic carbocycles. The molecule has 1 aromatic heterocycles. The molecule has 2 rings (SSSR count). The summed E-state index contributed by atoms with van der Waals surface area (Å²) in [6.45, 7) is 5.84. The van der Waals surface area contributed by atoms with Crippen LogP contribution in [-0.2, 0) is 6.61 Å². The SMILES string of the molecule is CCNC(C)c1ccccc1OCc1ccc(Br)s1. The number of ether oxygens (including phenoxy) is 1. The van der Waals surface area contributed by atoms with Gasteiger partial charge in [0.15, 0.2) is 0 Å². The average molecular weight is 340 g/mol. The molecule has 0 radical (unpaired) electrons. The topological polar surface area (TPSA) is 21.3 Å². The second-order valence-corrected chi connectivity index (χ2v) is 6.86. The van der Waals surface area contributed by atoms with Crippen molar-refractivity contribution in [3.05, 3.63) is 50.6 Å². The third-order valence-corrected chi connectivity index (χ3v) is 4.49. The lowest BCUT2D eigenvalue weighted by Crippen LogP contribution is -2.18. The van der Waals surface area contributed by atoms with Crippen molar-refractivity contribution in [2.45, 2.75) is 26.5 Å². The Bertz CT molecular complexity index is 526. The van der Waals surface area contributed by atoms with Crippen LogP contribution >= 0.6 is 27.3 Å². The van der Waals surface area contributed by atoms with Gasteiger partial charge < -0.3 is 10.1 Å². The van der Waals surface area contributed by atoms with Crippen molar-refractivity contribution in [3.63, 3.8) is 0 Å². The molecule has 4 heteroatoms. The summed E-state index contributed by atoms with van der Waals surface area (Å²) in [6, 6.07) is 12.7. The van der Waals surface area contributed by atoms with E-state index in [2.05, 4.69) is 59.4 Å². The van der Waals surface area contributed by atoms with E-state index in [0.717, 1.165) is 16.1 Å². The van der Waals surface area contributed by atoms with Crippen LogP contribution in [0.15, 0.2) is 40.2 Å². The van der Waals surface area contributed by atoms with Gasteiger partial charge in [0.25, 0.3) is 0 Å². The first-order chi connectivity index (χ1) is 9.20. The van der Waals surface area contributed by atoms with Crippen molar-refractivity contribution in [1.82, 2.24) is 5.32 Å². The summed E-state index contributed by atoms with van der Waals surface area (Å²) < 4.78 is 7.09. The fraction of sp³-hybridized carbons (Fsp3) is 0.333. The smallest absolute Gasteiger partial charge is 0.124 e. The quantitative estimate of drug-likeness (QED) is 0.819. The van der Waals surface area contributed by atoms with Crippen molar-refractivity contribution >= 4 is 27.3 Å². The molecule has 2 aromatic rings. The standard InChI is InChI=1S/C15H18BrNOS/c1-3-17-11(2)13-6-4-5-7-14(13)18-10-12-8-9-15(16)19-12/h4-9,11,17H,3,10H2,1-2H3. The fourth-order valence-corrected chi connectivity index (χ4v) is 3.36. The van der Waals surface area contributed by atoms with E-state index in [4.69, 9.17) is 4.74 Å². The van der Waals surface area contributed by atoms with Gasteiger partial charge in [-0.25, -0.2) is 0 Å². The molecule has 0 aliphatic rings. The Balaban J connectivity index is 2.07. The summed E-state index contributed by atoms with van der Waals surface area (Å²) in [5, 5.41) is 3.42. The summed E-state index contributed by atoms with van der Waals surface area (Å²) >= 11 is 5.18. The van der Waals surface area contributed by atoms with E-state index < -0.39 is 0 Å². The van der Waals surface area contributed by atoms with Crippen molar-refractivity contribution in [2.24, 2.45) is 0 Å². The second kappa shape index (κ2) is 7.08. The molecule has 102 valence electrons. The number of rotatable bonds is 6. The Morgan fingerprint density at radius 1 is 1.26 bits per heavy atom. The largest absolute Gasteiger partial charge is 0.488 e. The molecule has 19 heavy (non-hydrogen) atoms. The number of para-hydroxylation sites is 1. The molecular weight excluding hydrogens is 322 g/mol. The van der Waals surface area contributed by atoms with Crippen LogP contribution in [0.1, 0.15) is 30.3 Å². The van der Waals surface area contributed by atoms with Crippen LogP contribution in [-0.4, -0.2) is 6.54 Å². The van der Waals surface area contributed by atoms with Gasteiger partial charge >= 0.3 is 0 Å². The highest BCUT2D eigenvalue weighted by atomic mass is 79.9. The Morgan fingerprint density at radius 2 is 2.05 bits per heavy atom. The van der Waals surface area contributed by atoms with E-state index in [1.54, 1.807) is 11.3 Å². The van der Waals surface area contributed by atoms with Crippen molar-refractivity contribution in [3.8, 4) is 5.75 Å². The number of hydrogen-bond donors (Lipinski definition) is 1. The lowest BCUT2D eigenvalue weighted by Gasteiger charge is -2.17. The molecule has 1 unspecified atom stereocenters. The minimum absolute atomic E-state index is 0.302. The highest BCUT2D eigenvalue weighted by Crippen LogP contribution is 2.27. The third-order valence-electron chi connectivity index (χ3n) is 2.89. The van der Waals surface area contributed by atoms with Crippen LogP contribution in [0, 0.1) is 0 Å². The van der Waals surface area contributed by atoms with Crippen molar-refractivity contribution < 1.29 is 4.74 Å². The minimum atomic E-state index is 0.302. The number of halogens is 1. The van der Waals surface area contributed by atoms with Crippen molar-refractivity contribution in [2.75, 3.05) is 6.54 Å². The summed E-state index contributed by atoms with van der Waals surface area (Å²) in [7, 11) is 0. The van der Waals surface area contributed by atoms with Crippen LogP contribution in [0.2, 0.25) is 0 Å². The lowest BCUT2D eigenvalue weighted by molar-refractivity contribution is 0.303. The fourth-order valence-electron chi connectivity index (χ4n) is 1.96. The Kier molecular flexibility index (Phi) is 5.43. The van der Waals surface area contributed by atoms with Gasteiger partial charge in [-0.05, 0) is 47.6 Å². The maximum Gasteiger partial charge on any atom is 0.124 e. The van der Waals surface area contributed by atoms with Gasteiger partial charge in [0.2, 0.25) is 0 Å². The third kappa shape index (κ3) is 4.06. The molecule has 1 atom stereocenters. The van der Waals surface area contributed by atoms with E-state index in [1.807, 2.05) is 12.1 Å². The number of nitrogens with one attached hydrogen (secondary N) is 1. The Labute approximate surface area is 126 Å². The van der Waals surface area contributed by atoms with E-state index in [9.17, 15) is 0 Å². The molecule has 0 aliphatic heterocycles. The Morgan fingerprint density at radius 3 is 2.74 bits per heavy atom. The maximum atomic E-state index is 5.95. The van der Waals surface area contributed by atoms with E-state index in [1.165, 1.54) is 10.4 Å². The maximum absolute atomic E-state index is 5.95. The number of hydrogen-bond acceptors (Lipinski definition) is 3. The summed E-state index contributed by atoms with van der Waals surface area (Å²) in [5.74, 6) is 0.959. The van der Waals surface area contributed by atoms with Gasteiger partial charge in [-0.15, -0.1) is 11.3 Å². The van der Waals surface area contributed by atoms with Gasteiger partial charge in [0, 0.05) is 16.5 Å². The highest BCUT2D eigenvalue weighted by Gasteiger charge is 2.10. The zero-order chi connectivity index (χ0) is 13.7. The lowest BCUT2D eigenvalue weighted by atomic mass is 10.1. The summed E-state index contributed by atoms with van der Waals surface area (Å²) in [6.07, 6.45) is 0. The molecule has 0 saturated heterocycles. The molecule has 0 aliphatic carbocycles. The van der Waals surface area contributed by atoms with Gasteiger partial charge in [-0.2, -0.15) is 0 Å². The number of thiophene rings is 1.